The van der Waals surface area contributed by atoms with Gasteiger partial charge in [-0.1, -0.05) is 13.8 Å². The molecule has 4 nitrogen and oxygen atoms in total. The van der Waals surface area contributed by atoms with Crippen molar-refractivity contribution in [1.29, 1.82) is 0 Å². The van der Waals surface area contributed by atoms with Gasteiger partial charge in [-0.2, -0.15) is 4.39 Å². The Morgan fingerprint density at radius 2 is 1.81 bits per heavy atom. The van der Waals surface area contributed by atoms with Gasteiger partial charge in [0.15, 0.2) is 0 Å². The minimum Gasteiger partial charge on any atom is -0.444 e. The third kappa shape index (κ3) is 7.20. The van der Waals surface area contributed by atoms with E-state index in [0.29, 0.717) is 0 Å². The average Bonchev–Trinajstić information content (AvgIpc) is 1.97. The molecular formula is C11H20FNO3. The third-order valence-electron chi connectivity index (χ3n) is 1.67. The molecule has 0 radical (unpaired) electrons. The summed E-state index contributed by atoms with van der Waals surface area (Å²) < 4.78 is 17.5. The highest BCUT2D eigenvalue weighted by Crippen LogP contribution is 2.10. The lowest BCUT2D eigenvalue weighted by Crippen LogP contribution is -2.43. The van der Waals surface area contributed by atoms with E-state index in [2.05, 4.69) is 5.32 Å². The van der Waals surface area contributed by atoms with Gasteiger partial charge in [-0.15, -0.1) is 0 Å². The van der Waals surface area contributed by atoms with Crippen LogP contribution in [0.4, 0.5) is 9.18 Å². The lowest BCUT2D eigenvalue weighted by atomic mass is 10.0. The molecular weight excluding hydrogens is 213 g/mol. The van der Waals surface area contributed by atoms with E-state index in [1.54, 1.807) is 20.8 Å². The van der Waals surface area contributed by atoms with Crippen LogP contribution in [0.5, 0.6) is 0 Å². The molecule has 0 aliphatic heterocycles. The molecule has 94 valence electrons. The van der Waals surface area contributed by atoms with Crippen LogP contribution in [0.25, 0.3) is 0 Å². The number of ether oxygens (including phenoxy) is 1. The number of nitrogens with one attached hydrogen (secondary N) is 1. The summed E-state index contributed by atoms with van der Waals surface area (Å²) in [6.07, 6.45) is -0.515. The number of alkyl carbamates (subject to hydrolysis) is 1. The zero-order valence-corrected chi connectivity index (χ0v) is 10.5. The minimum absolute atomic E-state index is 0.111. The zero-order chi connectivity index (χ0) is 12.9. The maximum absolute atomic E-state index is 12.6. The Labute approximate surface area is 95.5 Å². The lowest BCUT2D eigenvalue weighted by Gasteiger charge is -2.22. The van der Waals surface area contributed by atoms with Gasteiger partial charge in [0, 0.05) is 0 Å². The van der Waals surface area contributed by atoms with Crippen LogP contribution in [-0.2, 0) is 9.53 Å². The van der Waals surface area contributed by atoms with Crippen LogP contribution >= 0.6 is 0 Å². The maximum atomic E-state index is 12.6. The first kappa shape index (κ1) is 14.9. The number of carbonyl (C=O) groups excluding carboxylic acids is 2. The van der Waals surface area contributed by atoms with Crippen LogP contribution in [0.1, 0.15) is 41.0 Å². The van der Waals surface area contributed by atoms with Crippen molar-refractivity contribution < 1.29 is 18.7 Å². The highest BCUT2D eigenvalue weighted by atomic mass is 19.1. The van der Waals surface area contributed by atoms with E-state index in [1.165, 1.54) is 0 Å². The summed E-state index contributed by atoms with van der Waals surface area (Å²) in [5.74, 6) is 0.111. The SMILES string of the molecule is CC(C)C[C@@H](NC(=O)OC(C)(C)C)C(=O)F. The molecule has 16 heavy (non-hydrogen) atoms. The Bertz CT molecular complexity index is 258. The van der Waals surface area contributed by atoms with Gasteiger partial charge in [0.05, 0.1) is 0 Å². The number of hydrogen-bond donors (Lipinski definition) is 1. The molecule has 0 spiro atoms. The van der Waals surface area contributed by atoms with Gasteiger partial charge in [-0.3, -0.25) is 4.79 Å². The second kappa shape index (κ2) is 5.82. The zero-order valence-electron chi connectivity index (χ0n) is 10.5. The normalized spacial score (nSPS) is 13.4. The van der Waals surface area contributed by atoms with Crippen LogP contribution in [0, 0.1) is 5.92 Å². The van der Waals surface area contributed by atoms with Crippen molar-refractivity contribution in [2.24, 2.45) is 5.92 Å². The first-order valence-corrected chi connectivity index (χ1v) is 5.30. The van der Waals surface area contributed by atoms with Gasteiger partial charge in [0.1, 0.15) is 11.6 Å². The van der Waals surface area contributed by atoms with E-state index in [-0.39, 0.29) is 12.3 Å². The number of halogens is 1. The summed E-state index contributed by atoms with van der Waals surface area (Å²) in [5.41, 5.74) is -0.661. The average molecular weight is 233 g/mol. The van der Waals surface area contributed by atoms with E-state index < -0.39 is 23.8 Å². The molecule has 1 amide bonds. The van der Waals surface area contributed by atoms with Gasteiger partial charge in [-0.05, 0) is 33.1 Å². The second-order valence-electron chi connectivity index (χ2n) is 5.13. The molecule has 1 N–H and O–H groups in total. The Kier molecular flexibility index (Phi) is 5.41. The van der Waals surface area contributed by atoms with Gasteiger partial charge in [0.25, 0.3) is 0 Å². The summed E-state index contributed by atoms with van der Waals surface area (Å²) in [5, 5.41) is 2.22. The van der Waals surface area contributed by atoms with Crippen LogP contribution in [0.2, 0.25) is 0 Å². The van der Waals surface area contributed by atoms with Crippen LogP contribution in [0.15, 0.2) is 0 Å². The number of carbonyl (C=O) groups is 2. The van der Waals surface area contributed by atoms with Gasteiger partial charge in [0.2, 0.25) is 0 Å². The molecule has 0 bridgehead atoms. The van der Waals surface area contributed by atoms with Crippen LogP contribution < -0.4 is 5.32 Å². The first-order chi connectivity index (χ1) is 7.11. The fourth-order valence-corrected chi connectivity index (χ4v) is 1.13. The second-order valence-corrected chi connectivity index (χ2v) is 5.13. The fraction of sp³-hybridized carbons (Fsp3) is 0.818. The Morgan fingerprint density at radius 3 is 2.12 bits per heavy atom. The molecule has 0 aliphatic rings. The molecule has 0 saturated heterocycles. The molecule has 0 aromatic carbocycles. The molecule has 0 heterocycles. The molecule has 0 saturated carbocycles. The molecule has 0 aromatic rings. The standard InChI is InChI=1S/C11H20FNO3/c1-7(2)6-8(9(12)14)13-10(15)16-11(3,4)5/h7-8H,6H2,1-5H3,(H,13,15)/t8-/m1/s1. The van der Waals surface area contributed by atoms with E-state index in [0.717, 1.165) is 0 Å². The molecule has 1 atom stereocenters. The van der Waals surface area contributed by atoms with Crippen LogP contribution in [0.3, 0.4) is 0 Å². The predicted octanol–water partition coefficient (Wildman–Crippen LogP) is 2.42. The van der Waals surface area contributed by atoms with E-state index in [4.69, 9.17) is 4.74 Å². The third-order valence-corrected chi connectivity index (χ3v) is 1.67. The van der Waals surface area contributed by atoms with Gasteiger partial charge in [-0.25, -0.2) is 4.79 Å². The van der Waals surface area contributed by atoms with Crippen molar-refractivity contribution in [3.8, 4) is 0 Å². The highest BCUT2D eigenvalue weighted by Gasteiger charge is 2.24. The molecule has 0 rings (SSSR count). The van der Waals surface area contributed by atoms with Crippen molar-refractivity contribution >= 4 is 12.1 Å². The smallest absolute Gasteiger partial charge is 0.408 e. The molecule has 0 aromatic heterocycles. The fourth-order valence-electron chi connectivity index (χ4n) is 1.13. The minimum atomic E-state index is -1.54. The van der Waals surface area contributed by atoms with Crippen molar-refractivity contribution in [2.45, 2.75) is 52.7 Å². The number of amides is 1. The van der Waals surface area contributed by atoms with Crippen molar-refractivity contribution in [3.05, 3.63) is 0 Å². The van der Waals surface area contributed by atoms with Gasteiger partial charge >= 0.3 is 12.1 Å². The molecule has 0 aliphatic carbocycles. The predicted molar refractivity (Wildman–Crippen MR) is 58.7 cm³/mol. The van der Waals surface area contributed by atoms with Crippen molar-refractivity contribution in [3.63, 3.8) is 0 Å². The highest BCUT2D eigenvalue weighted by molar-refractivity contribution is 5.80. The summed E-state index contributed by atoms with van der Waals surface area (Å²) in [4.78, 5) is 21.9. The van der Waals surface area contributed by atoms with Crippen molar-refractivity contribution in [2.75, 3.05) is 0 Å². The number of rotatable bonds is 4. The Morgan fingerprint density at radius 1 is 1.31 bits per heavy atom. The summed E-state index contributed by atoms with van der Waals surface area (Å²) in [6.45, 7) is 8.77. The van der Waals surface area contributed by atoms with Gasteiger partial charge < -0.3 is 10.1 Å². The largest absolute Gasteiger partial charge is 0.444 e. The maximum Gasteiger partial charge on any atom is 0.408 e. The quantitative estimate of drug-likeness (QED) is 0.759. The first-order valence-electron chi connectivity index (χ1n) is 5.30. The topological polar surface area (TPSA) is 55.4 Å². The molecule has 0 unspecified atom stereocenters. The van der Waals surface area contributed by atoms with E-state index in [9.17, 15) is 14.0 Å². The van der Waals surface area contributed by atoms with E-state index >= 15 is 0 Å². The summed E-state index contributed by atoms with van der Waals surface area (Å²) >= 11 is 0. The number of hydrogen-bond acceptors (Lipinski definition) is 3. The summed E-state index contributed by atoms with van der Waals surface area (Å²) in [6, 6.07) is -2.66. The van der Waals surface area contributed by atoms with Crippen LogP contribution in [-0.4, -0.2) is 23.8 Å². The monoisotopic (exact) mass is 233 g/mol. The lowest BCUT2D eigenvalue weighted by molar-refractivity contribution is -0.131. The summed E-state index contributed by atoms with van der Waals surface area (Å²) in [7, 11) is 0. The van der Waals surface area contributed by atoms with Crippen molar-refractivity contribution in [1.82, 2.24) is 5.32 Å². The molecule has 0 fully saturated rings. The Hall–Kier alpha value is -1.13. The molecule has 5 heteroatoms. The Balaban J connectivity index is 4.30. The van der Waals surface area contributed by atoms with E-state index in [1.807, 2.05) is 13.8 Å².